The highest BCUT2D eigenvalue weighted by molar-refractivity contribution is 5.69. The van der Waals surface area contributed by atoms with Crippen molar-refractivity contribution in [2.45, 2.75) is 13.0 Å². The van der Waals surface area contributed by atoms with Gasteiger partial charge in [-0.15, -0.1) is 0 Å². The smallest absolute Gasteiger partial charge is 0.306 e. The highest BCUT2D eigenvalue weighted by atomic mass is 16.5. The SMILES string of the molecule is COCCN(CCC(=O)OC)Cc1ccccc1. The molecule has 4 heteroatoms. The van der Waals surface area contributed by atoms with Gasteiger partial charge in [-0.1, -0.05) is 30.3 Å². The highest BCUT2D eigenvalue weighted by Crippen LogP contribution is 2.05. The van der Waals surface area contributed by atoms with Gasteiger partial charge in [0.15, 0.2) is 0 Å². The lowest BCUT2D eigenvalue weighted by Gasteiger charge is -2.21. The predicted molar refractivity (Wildman–Crippen MR) is 70.2 cm³/mol. The first-order valence-corrected chi connectivity index (χ1v) is 6.08. The van der Waals surface area contributed by atoms with Crippen LogP contribution in [-0.4, -0.2) is 44.8 Å². The van der Waals surface area contributed by atoms with Crippen LogP contribution in [0.1, 0.15) is 12.0 Å². The summed E-state index contributed by atoms with van der Waals surface area (Å²) >= 11 is 0. The summed E-state index contributed by atoms with van der Waals surface area (Å²) in [5.41, 5.74) is 1.23. The lowest BCUT2D eigenvalue weighted by Crippen LogP contribution is -2.29. The zero-order valence-electron chi connectivity index (χ0n) is 11.1. The summed E-state index contributed by atoms with van der Waals surface area (Å²) in [7, 11) is 3.10. The molecule has 0 amide bonds. The van der Waals surface area contributed by atoms with Crippen molar-refractivity contribution in [1.29, 1.82) is 0 Å². The van der Waals surface area contributed by atoms with Crippen molar-refractivity contribution >= 4 is 5.97 Å². The second-order valence-electron chi connectivity index (χ2n) is 4.08. The fourth-order valence-corrected chi connectivity index (χ4v) is 1.68. The molecule has 0 saturated heterocycles. The van der Waals surface area contributed by atoms with E-state index in [0.29, 0.717) is 19.6 Å². The van der Waals surface area contributed by atoms with E-state index in [-0.39, 0.29) is 5.97 Å². The largest absolute Gasteiger partial charge is 0.469 e. The molecule has 0 aliphatic rings. The maximum atomic E-state index is 11.2. The van der Waals surface area contributed by atoms with E-state index in [2.05, 4.69) is 21.8 Å². The molecule has 100 valence electrons. The van der Waals surface area contributed by atoms with Crippen LogP contribution in [0.3, 0.4) is 0 Å². The molecule has 1 aromatic rings. The average molecular weight is 251 g/mol. The van der Waals surface area contributed by atoms with E-state index in [1.807, 2.05) is 18.2 Å². The lowest BCUT2D eigenvalue weighted by atomic mass is 10.2. The Morgan fingerprint density at radius 1 is 1.17 bits per heavy atom. The minimum Gasteiger partial charge on any atom is -0.469 e. The normalized spacial score (nSPS) is 10.6. The van der Waals surface area contributed by atoms with Gasteiger partial charge in [0.2, 0.25) is 0 Å². The molecular weight excluding hydrogens is 230 g/mol. The number of carbonyl (C=O) groups excluding carboxylic acids is 1. The van der Waals surface area contributed by atoms with Crippen molar-refractivity contribution < 1.29 is 14.3 Å². The first-order chi connectivity index (χ1) is 8.76. The van der Waals surface area contributed by atoms with E-state index in [1.165, 1.54) is 12.7 Å². The second kappa shape index (κ2) is 8.66. The van der Waals surface area contributed by atoms with Crippen LogP contribution >= 0.6 is 0 Å². The maximum Gasteiger partial charge on any atom is 0.306 e. The summed E-state index contributed by atoms with van der Waals surface area (Å²) in [5.74, 6) is -0.175. The molecule has 0 N–H and O–H groups in total. The molecule has 0 aromatic heterocycles. The quantitative estimate of drug-likeness (QED) is 0.659. The Labute approximate surface area is 108 Å². The van der Waals surface area contributed by atoms with Crippen molar-refractivity contribution in [2.75, 3.05) is 33.9 Å². The van der Waals surface area contributed by atoms with Crippen molar-refractivity contribution in [3.05, 3.63) is 35.9 Å². The number of hydrogen-bond donors (Lipinski definition) is 0. The Hall–Kier alpha value is -1.39. The van der Waals surface area contributed by atoms with E-state index in [9.17, 15) is 4.79 Å². The van der Waals surface area contributed by atoms with Gasteiger partial charge in [0, 0.05) is 26.7 Å². The van der Waals surface area contributed by atoms with Crippen LogP contribution in [-0.2, 0) is 20.8 Å². The number of ether oxygens (including phenoxy) is 2. The minimum absolute atomic E-state index is 0.175. The number of benzene rings is 1. The number of carbonyl (C=O) groups is 1. The summed E-state index contributed by atoms with van der Waals surface area (Å²) in [4.78, 5) is 13.4. The van der Waals surface area contributed by atoms with Gasteiger partial charge in [-0.25, -0.2) is 0 Å². The molecule has 0 radical (unpaired) electrons. The zero-order chi connectivity index (χ0) is 13.2. The lowest BCUT2D eigenvalue weighted by molar-refractivity contribution is -0.141. The van der Waals surface area contributed by atoms with E-state index < -0.39 is 0 Å². The standard InChI is InChI=1S/C14H21NO3/c1-17-11-10-15(9-8-14(16)18-2)12-13-6-4-3-5-7-13/h3-7H,8-12H2,1-2H3. The van der Waals surface area contributed by atoms with E-state index in [1.54, 1.807) is 7.11 Å². The number of esters is 1. The molecule has 1 rings (SSSR count). The number of rotatable bonds is 8. The second-order valence-corrected chi connectivity index (χ2v) is 4.08. The fourth-order valence-electron chi connectivity index (χ4n) is 1.68. The minimum atomic E-state index is -0.175. The third kappa shape index (κ3) is 5.80. The Morgan fingerprint density at radius 3 is 2.50 bits per heavy atom. The molecule has 0 bridgehead atoms. The Balaban J connectivity index is 2.47. The van der Waals surface area contributed by atoms with Gasteiger partial charge in [-0.05, 0) is 5.56 Å². The first kappa shape index (κ1) is 14.7. The number of hydrogen-bond acceptors (Lipinski definition) is 4. The van der Waals surface area contributed by atoms with Gasteiger partial charge in [-0.3, -0.25) is 9.69 Å². The summed E-state index contributed by atoms with van der Waals surface area (Å²) in [6, 6.07) is 10.2. The highest BCUT2D eigenvalue weighted by Gasteiger charge is 2.08. The van der Waals surface area contributed by atoms with Crippen LogP contribution in [0.15, 0.2) is 30.3 Å². The van der Waals surface area contributed by atoms with Crippen molar-refractivity contribution in [3.8, 4) is 0 Å². The number of nitrogens with zero attached hydrogens (tertiary/aromatic N) is 1. The van der Waals surface area contributed by atoms with Crippen LogP contribution in [0, 0.1) is 0 Å². The molecule has 4 nitrogen and oxygen atoms in total. The molecule has 18 heavy (non-hydrogen) atoms. The van der Waals surface area contributed by atoms with Gasteiger partial charge in [0.25, 0.3) is 0 Å². The molecule has 0 aliphatic heterocycles. The Kier molecular flexibility index (Phi) is 7.06. The average Bonchev–Trinajstić information content (AvgIpc) is 2.42. The van der Waals surface area contributed by atoms with E-state index in [4.69, 9.17) is 4.74 Å². The third-order valence-electron chi connectivity index (χ3n) is 2.72. The van der Waals surface area contributed by atoms with Crippen LogP contribution < -0.4 is 0 Å². The molecule has 0 spiro atoms. The van der Waals surface area contributed by atoms with Gasteiger partial charge in [-0.2, -0.15) is 0 Å². The third-order valence-corrected chi connectivity index (χ3v) is 2.72. The summed E-state index contributed by atoms with van der Waals surface area (Å²) in [6.45, 7) is 2.97. The first-order valence-electron chi connectivity index (χ1n) is 6.08. The molecule has 0 saturated carbocycles. The van der Waals surface area contributed by atoms with Gasteiger partial charge < -0.3 is 9.47 Å². The Morgan fingerprint density at radius 2 is 1.89 bits per heavy atom. The maximum absolute atomic E-state index is 11.2. The van der Waals surface area contributed by atoms with Crippen LogP contribution in [0.25, 0.3) is 0 Å². The Bertz CT molecular complexity index is 340. The van der Waals surface area contributed by atoms with E-state index >= 15 is 0 Å². The summed E-state index contributed by atoms with van der Waals surface area (Å²) in [6.07, 6.45) is 0.410. The monoisotopic (exact) mass is 251 g/mol. The molecule has 0 atom stereocenters. The zero-order valence-corrected chi connectivity index (χ0v) is 11.1. The molecule has 0 unspecified atom stereocenters. The van der Waals surface area contributed by atoms with Crippen LogP contribution in [0.2, 0.25) is 0 Å². The van der Waals surface area contributed by atoms with Gasteiger partial charge in [0.1, 0.15) is 0 Å². The van der Waals surface area contributed by atoms with Crippen LogP contribution in [0.4, 0.5) is 0 Å². The van der Waals surface area contributed by atoms with Crippen molar-refractivity contribution in [3.63, 3.8) is 0 Å². The van der Waals surface area contributed by atoms with Gasteiger partial charge in [0.05, 0.1) is 20.1 Å². The fraction of sp³-hybridized carbons (Fsp3) is 0.500. The molecule has 1 aromatic carbocycles. The summed E-state index contributed by atoms with van der Waals surface area (Å²) in [5, 5.41) is 0. The molecule has 0 heterocycles. The van der Waals surface area contributed by atoms with E-state index in [0.717, 1.165) is 13.1 Å². The topological polar surface area (TPSA) is 38.8 Å². The van der Waals surface area contributed by atoms with Crippen molar-refractivity contribution in [1.82, 2.24) is 4.90 Å². The predicted octanol–water partition coefficient (Wildman–Crippen LogP) is 1.70. The molecule has 0 aliphatic carbocycles. The van der Waals surface area contributed by atoms with Crippen LogP contribution in [0.5, 0.6) is 0 Å². The summed E-state index contributed by atoms with van der Waals surface area (Å²) < 4.78 is 9.74. The number of methoxy groups -OCH3 is 2. The molecule has 0 fully saturated rings. The van der Waals surface area contributed by atoms with Gasteiger partial charge >= 0.3 is 5.97 Å². The molecular formula is C14H21NO3. The van der Waals surface area contributed by atoms with Crippen molar-refractivity contribution in [2.24, 2.45) is 0 Å².